The molecule has 0 bridgehead atoms. The number of hydrogen-bond acceptors (Lipinski definition) is 5. The highest BCUT2D eigenvalue weighted by atomic mass is 32.2. The summed E-state index contributed by atoms with van der Waals surface area (Å²) in [4.78, 5) is 4.39. The number of aromatic nitrogens is 1. The van der Waals surface area contributed by atoms with Crippen LogP contribution in [0.15, 0.2) is 5.38 Å². The first-order chi connectivity index (χ1) is 7.42. The second kappa shape index (κ2) is 5.75. The Balaban J connectivity index is 2.68. The maximum Gasteiger partial charge on any atom is 0.147 e. The van der Waals surface area contributed by atoms with Gasteiger partial charge in [0.15, 0.2) is 0 Å². The summed E-state index contributed by atoms with van der Waals surface area (Å²) in [5, 5.41) is 6.27. The Hall–Kier alpha value is -0.460. The van der Waals surface area contributed by atoms with Crippen LogP contribution in [-0.4, -0.2) is 32.0 Å². The number of thiazole rings is 1. The Morgan fingerprint density at radius 2 is 2.25 bits per heavy atom. The van der Waals surface area contributed by atoms with E-state index >= 15 is 0 Å². The van der Waals surface area contributed by atoms with Crippen LogP contribution in [0, 0.1) is 6.92 Å². The van der Waals surface area contributed by atoms with Gasteiger partial charge in [0, 0.05) is 11.6 Å². The van der Waals surface area contributed by atoms with Crippen LogP contribution in [0.25, 0.3) is 0 Å². The van der Waals surface area contributed by atoms with Crippen molar-refractivity contribution in [3.8, 4) is 0 Å². The van der Waals surface area contributed by atoms with E-state index in [1.165, 1.54) is 6.26 Å². The lowest BCUT2D eigenvalue weighted by atomic mass is 10.2. The molecule has 6 heteroatoms. The molecule has 0 aliphatic rings. The van der Waals surface area contributed by atoms with Crippen LogP contribution in [0.4, 0.5) is 0 Å². The summed E-state index contributed by atoms with van der Waals surface area (Å²) in [6, 6.07) is 0.0460. The van der Waals surface area contributed by atoms with Crippen LogP contribution >= 0.6 is 11.3 Å². The molecule has 0 saturated heterocycles. The number of rotatable bonds is 6. The second-order valence-corrected chi connectivity index (χ2v) is 7.14. The van der Waals surface area contributed by atoms with E-state index in [-0.39, 0.29) is 11.8 Å². The van der Waals surface area contributed by atoms with Gasteiger partial charge in [-0.05, 0) is 19.9 Å². The molecule has 0 aliphatic heterocycles. The maximum atomic E-state index is 11.1. The summed E-state index contributed by atoms with van der Waals surface area (Å²) < 4.78 is 22.3. The van der Waals surface area contributed by atoms with E-state index in [4.69, 9.17) is 0 Å². The molecule has 0 saturated carbocycles. The van der Waals surface area contributed by atoms with E-state index in [0.717, 1.165) is 17.2 Å². The van der Waals surface area contributed by atoms with Crippen LogP contribution in [0.1, 0.15) is 30.1 Å². The van der Waals surface area contributed by atoms with E-state index in [1.807, 2.05) is 19.2 Å². The fourth-order valence-electron chi connectivity index (χ4n) is 1.47. The van der Waals surface area contributed by atoms with Crippen LogP contribution < -0.4 is 5.32 Å². The Kier molecular flexibility index (Phi) is 4.89. The van der Waals surface area contributed by atoms with Gasteiger partial charge in [-0.25, -0.2) is 13.4 Å². The van der Waals surface area contributed by atoms with Crippen molar-refractivity contribution in [1.29, 1.82) is 0 Å². The van der Waals surface area contributed by atoms with Crippen molar-refractivity contribution in [1.82, 2.24) is 10.3 Å². The van der Waals surface area contributed by atoms with Gasteiger partial charge in [0.25, 0.3) is 0 Å². The van der Waals surface area contributed by atoms with Gasteiger partial charge in [-0.15, -0.1) is 11.3 Å². The van der Waals surface area contributed by atoms with Gasteiger partial charge in [0.05, 0.1) is 22.5 Å². The van der Waals surface area contributed by atoms with E-state index < -0.39 is 9.84 Å². The third-order valence-corrected chi connectivity index (χ3v) is 3.99. The molecule has 0 aliphatic carbocycles. The lowest BCUT2D eigenvalue weighted by molar-refractivity contribution is 0.520. The number of hydrogen-bond donors (Lipinski definition) is 1. The van der Waals surface area contributed by atoms with Crippen molar-refractivity contribution in [3.63, 3.8) is 0 Å². The smallest absolute Gasteiger partial charge is 0.147 e. The molecule has 1 aromatic rings. The number of nitrogens with zero attached hydrogens (tertiary/aromatic N) is 1. The molecule has 1 heterocycles. The molecule has 0 aromatic carbocycles. The Morgan fingerprint density at radius 3 is 2.69 bits per heavy atom. The molecule has 0 amide bonds. The van der Waals surface area contributed by atoms with Crippen molar-refractivity contribution in [3.05, 3.63) is 16.1 Å². The molecule has 16 heavy (non-hydrogen) atoms. The van der Waals surface area contributed by atoms with Gasteiger partial charge in [-0.2, -0.15) is 0 Å². The second-order valence-electron chi connectivity index (χ2n) is 3.82. The zero-order valence-electron chi connectivity index (χ0n) is 9.86. The molecular weight excluding hydrogens is 244 g/mol. The highest BCUT2D eigenvalue weighted by molar-refractivity contribution is 7.90. The molecule has 4 nitrogen and oxygen atoms in total. The van der Waals surface area contributed by atoms with Crippen molar-refractivity contribution < 1.29 is 8.42 Å². The van der Waals surface area contributed by atoms with E-state index in [2.05, 4.69) is 10.3 Å². The molecular formula is C10H18N2O2S2. The third-order valence-electron chi connectivity index (χ3n) is 2.22. The number of nitrogens with one attached hydrogen (secondary N) is 1. The predicted octanol–water partition coefficient (Wildman–Crippen LogP) is 1.54. The summed E-state index contributed by atoms with van der Waals surface area (Å²) in [6.45, 7) is 4.77. The average molecular weight is 262 g/mol. The molecule has 1 unspecified atom stereocenters. The van der Waals surface area contributed by atoms with Gasteiger partial charge in [0.2, 0.25) is 0 Å². The van der Waals surface area contributed by atoms with Crippen molar-refractivity contribution in [2.24, 2.45) is 0 Å². The lowest BCUT2D eigenvalue weighted by Gasteiger charge is -2.14. The van der Waals surface area contributed by atoms with Crippen molar-refractivity contribution in [2.75, 3.05) is 18.6 Å². The molecule has 1 atom stereocenters. The highest BCUT2D eigenvalue weighted by Crippen LogP contribution is 2.19. The Morgan fingerprint density at radius 1 is 1.56 bits per heavy atom. The van der Waals surface area contributed by atoms with Crippen molar-refractivity contribution >= 4 is 21.2 Å². The number of aryl methyl sites for hydroxylation is 1. The van der Waals surface area contributed by atoms with Gasteiger partial charge in [-0.3, -0.25) is 0 Å². The predicted molar refractivity (Wildman–Crippen MR) is 67.6 cm³/mol. The molecule has 0 radical (unpaired) electrons. The minimum absolute atomic E-state index is 0.0460. The van der Waals surface area contributed by atoms with Crippen LogP contribution in [0.2, 0.25) is 0 Å². The SMILES string of the molecule is CCNC(CCS(C)(=O)=O)c1csc(C)n1. The van der Waals surface area contributed by atoms with Crippen molar-refractivity contribution in [2.45, 2.75) is 26.3 Å². The van der Waals surface area contributed by atoms with Crippen LogP contribution in [0.3, 0.4) is 0 Å². The first-order valence-electron chi connectivity index (χ1n) is 5.25. The summed E-state index contributed by atoms with van der Waals surface area (Å²) in [6.07, 6.45) is 1.85. The fraction of sp³-hybridized carbons (Fsp3) is 0.700. The summed E-state index contributed by atoms with van der Waals surface area (Å²) in [7, 11) is -2.90. The normalized spacial score (nSPS) is 13.9. The molecule has 0 spiro atoms. The quantitative estimate of drug-likeness (QED) is 0.845. The average Bonchev–Trinajstić information content (AvgIpc) is 2.57. The van der Waals surface area contributed by atoms with E-state index in [1.54, 1.807) is 11.3 Å². The molecule has 0 fully saturated rings. The molecule has 1 N–H and O–H groups in total. The maximum absolute atomic E-state index is 11.1. The topological polar surface area (TPSA) is 59.1 Å². The minimum atomic E-state index is -2.90. The van der Waals surface area contributed by atoms with Gasteiger partial charge in [0.1, 0.15) is 9.84 Å². The Bertz CT molecular complexity index is 426. The first-order valence-corrected chi connectivity index (χ1v) is 8.19. The standard InChI is InChI=1S/C10H18N2O2S2/c1-4-11-9(5-6-16(3,13)14)10-7-15-8(2)12-10/h7,9,11H,4-6H2,1-3H3. The summed E-state index contributed by atoms with van der Waals surface area (Å²) in [5.41, 5.74) is 0.952. The van der Waals surface area contributed by atoms with Gasteiger partial charge in [-0.1, -0.05) is 6.92 Å². The third kappa shape index (κ3) is 4.59. The zero-order valence-corrected chi connectivity index (χ0v) is 11.5. The van der Waals surface area contributed by atoms with Gasteiger partial charge >= 0.3 is 0 Å². The summed E-state index contributed by atoms with van der Waals surface area (Å²) in [5.74, 6) is 0.196. The fourth-order valence-corrected chi connectivity index (χ4v) is 2.80. The van der Waals surface area contributed by atoms with E-state index in [0.29, 0.717) is 6.42 Å². The van der Waals surface area contributed by atoms with Gasteiger partial charge < -0.3 is 5.32 Å². The highest BCUT2D eigenvalue weighted by Gasteiger charge is 2.15. The Labute approximate surface area is 101 Å². The van der Waals surface area contributed by atoms with E-state index in [9.17, 15) is 8.42 Å². The molecule has 1 rings (SSSR count). The monoisotopic (exact) mass is 262 g/mol. The van der Waals surface area contributed by atoms with Crippen LogP contribution in [-0.2, 0) is 9.84 Å². The first kappa shape index (κ1) is 13.6. The number of sulfone groups is 1. The van der Waals surface area contributed by atoms with Crippen LogP contribution in [0.5, 0.6) is 0 Å². The zero-order chi connectivity index (χ0) is 12.2. The molecule has 1 aromatic heterocycles. The molecule has 92 valence electrons. The summed E-state index contributed by atoms with van der Waals surface area (Å²) >= 11 is 1.59. The largest absolute Gasteiger partial charge is 0.309 e. The lowest BCUT2D eigenvalue weighted by Crippen LogP contribution is -2.23. The minimum Gasteiger partial charge on any atom is -0.309 e.